The van der Waals surface area contributed by atoms with Crippen LogP contribution in [0.15, 0.2) is 60.7 Å². The van der Waals surface area contributed by atoms with E-state index in [4.69, 9.17) is 0 Å². The molecular weight excluding hydrogens is 288 g/mol. The van der Waals surface area contributed by atoms with Crippen molar-refractivity contribution in [3.05, 3.63) is 94.0 Å². The fraction of sp³-hybridized carbons (Fsp3) is 0.250. The monoisotopic (exact) mass is 312 g/mol. The highest BCUT2D eigenvalue weighted by Gasteiger charge is 2.43. The second kappa shape index (κ2) is 5.34. The highest BCUT2D eigenvalue weighted by atomic mass is 14.4. The summed E-state index contributed by atoms with van der Waals surface area (Å²) < 4.78 is 0. The van der Waals surface area contributed by atoms with Crippen LogP contribution in [0.5, 0.6) is 0 Å². The summed E-state index contributed by atoms with van der Waals surface area (Å²) in [6, 6.07) is 23.0. The molecule has 0 unspecified atom stereocenters. The van der Waals surface area contributed by atoms with Crippen LogP contribution in [0.2, 0.25) is 0 Å². The largest absolute Gasteiger partial charge is 0.0639 e. The molecule has 0 saturated heterocycles. The first-order chi connectivity index (χ1) is 11.6. The van der Waals surface area contributed by atoms with Gasteiger partial charge in [-0.15, -0.1) is 0 Å². The van der Waals surface area contributed by atoms with Crippen molar-refractivity contribution < 1.29 is 0 Å². The van der Waals surface area contributed by atoms with E-state index in [0.717, 1.165) is 6.42 Å². The van der Waals surface area contributed by atoms with Gasteiger partial charge in [0.25, 0.3) is 0 Å². The summed E-state index contributed by atoms with van der Waals surface area (Å²) in [4.78, 5) is 0. The molecule has 1 aliphatic rings. The Labute approximate surface area is 145 Å². The molecule has 0 atom stereocenters. The van der Waals surface area contributed by atoms with Gasteiger partial charge in [0.2, 0.25) is 0 Å². The fourth-order valence-electron chi connectivity index (χ4n) is 4.44. The van der Waals surface area contributed by atoms with Crippen LogP contribution in [0.3, 0.4) is 0 Å². The molecule has 0 saturated carbocycles. The summed E-state index contributed by atoms with van der Waals surface area (Å²) in [6.07, 6.45) is 1.07. The van der Waals surface area contributed by atoms with Crippen LogP contribution in [0.25, 0.3) is 11.1 Å². The maximum absolute atomic E-state index is 2.40. The normalized spacial score (nSPS) is 14.3. The van der Waals surface area contributed by atoms with Crippen LogP contribution in [0, 0.1) is 20.8 Å². The third-order valence-electron chi connectivity index (χ3n) is 5.60. The van der Waals surface area contributed by atoms with E-state index in [0.29, 0.717) is 0 Å². The summed E-state index contributed by atoms with van der Waals surface area (Å²) in [6.45, 7) is 8.92. The van der Waals surface area contributed by atoms with Gasteiger partial charge in [-0.3, -0.25) is 0 Å². The lowest BCUT2D eigenvalue weighted by molar-refractivity contribution is 0.608. The Hall–Kier alpha value is -2.34. The third-order valence-corrected chi connectivity index (χ3v) is 5.60. The van der Waals surface area contributed by atoms with Gasteiger partial charge in [-0.1, -0.05) is 84.3 Å². The van der Waals surface area contributed by atoms with Gasteiger partial charge in [0.05, 0.1) is 0 Å². The van der Waals surface area contributed by atoms with Gasteiger partial charge in [-0.25, -0.2) is 0 Å². The van der Waals surface area contributed by atoms with Crippen LogP contribution in [-0.4, -0.2) is 0 Å². The van der Waals surface area contributed by atoms with Gasteiger partial charge in [0.15, 0.2) is 0 Å². The summed E-state index contributed by atoms with van der Waals surface area (Å²) in [7, 11) is 0. The number of hydrogen-bond donors (Lipinski definition) is 0. The molecule has 3 aromatic carbocycles. The minimum Gasteiger partial charge on any atom is -0.0639 e. The molecule has 0 radical (unpaired) electrons. The molecule has 0 nitrogen and oxygen atoms in total. The van der Waals surface area contributed by atoms with Gasteiger partial charge in [-0.05, 0) is 55.0 Å². The first-order valence-electron chi connectivity index (χ1n) is 8.86. The zero-order chi connectivity index (χ0) is 16.9. The Balaban J connectivity index is 2.13. The maximum atomic E-state index is 2.40. The standard InChI is InChI=1S/C24H24/c1-5-24(19-8-6-7-16(2)13-19)22-14-17(3)9-11-20(22)21-12-10-18(4)15-23(21)24/h6-15H,5H2,1-4H3. The van der Waals surface area contributed by atoms with Crippen LogP contribution in [-0.2, 0) is 5.41 Å². The van der Waals surface area contributed by atoms with E-state index in [-0.39, 0.29) is 5.41 Å². The average molecular weight is 312 g/mol. The van der Waals surface area contributed by atoms with Crippen molar-refractivity contribution in [1.29, 1.82) is 0 Å². The van der Waals surface area contributed by atoms with Crippen molar-refractivity contribution in [2.24, 2.45) is 0 Å². The highest BCUT2D eigenvalue weighted by molar-refractivity contribution is 5.84. The predicted molar refractivity (Wildman–Crippen MR) is 103 cm³/mol. The Morgan fingerprint density at radius 3 is 1.71 bits per heavy atom. The molecule has 1 aliphatic carbocycles. The first kappa shape index (κ1) is 15.2. The lowest BCUT2D eigenvalue weighted by atomic mass is 9.70. The van der Waals surface area contributed by atoms with E-state index < -0.39 is 0 Å². The van der Waals surface area contributed by atoms with Gasteiger partial charge >= 0.3 is 0 Å². The van der Waals surface area contributed by atoms with Crippen LogP contribution in [0.4, 0.5) is 0 Å². The molecule has 3 aromatic rings. The Kier molecular flexibility index (Phi) is 3.38. The molecule has 0 heterocycles. The Bertz CT molecular complexity index is 879. The smallest absolute Gasteiger partial charge is 0.0461 e. The molecule has 4 rings (SSSR count). The van der Waals surface area contributed by atoms with E-state index in [1.165, 1.54) is 44.5 Å². The van der Waals surface area contributed by atoms with Gasteiger partial charge < -0.3 is 0 Å². The van der Waals surface area contributed by atoms with Crippen molar-refractivity contribution in [2.45, 2.75) is 39.5 Å². The number of hydrogen-bond acceptors (Lipinski definition) is 0. The molecule has 0 amide bonds. The predicted octanol–water partition coefficient (Wildman–Crippen LogP) is 6.34. The quantitative estimate of drug-likeness (QED) is 0.518. The second-order valence-corrected chi connectivity index (χ2v) is 7.23. The lowest BCUT2D eigenvalue weighted by Crippen LogP contribution is -2.26. The molecule has 0 spiro atoms. The minimum absolute atomic E-state index is 0.0330. The van der Waals surface area contributed by atoms with E-state index in [2.05, 4.69) is 88.4 Å². The molecule has 24 heavy (non-hydrogen) atoms. The maximum Gasteiger partial charge on any atom is 0.0461 e. The van der Waals surface area contributed by atoms with E-state index in [1.54, 1.807) is 0 Å². The van der Waals surface area contributed by atoms with Crippen molar-refractivity contribution >= 4 is 0 Å². The van der Waals surface area contributed by atoms with Crippen LogP contribution < -0.4 is 0 Å². The molecule has 0 fully saturated rings. The van der Waals surface area contributed by atoms with E-state index in [1.807, 2.05) is 0 Å². The van der Waals surface area contributed by atoms with Crippen molar-refractivity contribution in [1.82, 2.24) is 0 Å². The molecule has 0 heteroatoms. The van der Waals surface area contributed by atoms with Crippen LogP contribution in [0.1, 0.15) is 46.7 Å². The van der Waals surface area contributed by atoms with E-state index >= 15 is 0 Å². The molecular formula is C24H24. The summed E-state index contributed by atoms with van der Waals surface area (Å²) in [5.41, 5.74) is 11.1. The van der Waals surface area contributed by atoms with Crippen LogP contribution >= 0.6 is 0 Å². The lowest BCUT2D eigenvalue weighted by Gasteiger charge is -2.32. The van der Waals surface area contributed by atoms with E-state index in [9.17, 15) is 0 Å². The highest BCUT2D eigenvalue weighted by Crippen LogP contribution is 2.54. The Morgan fingerprint density at radius 1 is 0.667 bits per heavy atom. The summed E-state index contributed by atoms with van der Waals surface area (Å²) >= 11 is 0. The number of fused-ring (bicyclic) bond motifs is 3. The zero-order valence-electron chi connectivity index (χ0n) is 15.0. The van der Waals surface area contributed by atoms with Gasteiger partial charge in [0, 0.05) is 5.41 Å². The molecule has 0 N–H and O–H groups in total. The van der Waals surface area contributed by atoms with Crippen molar-refractivity contribution in [2.75, 3.05) is 0 Å². The summed E-state index contributed by atoms with van der Waals surface area (Å²) in [5, 5.41) is 0. The molecule has 0 aromatic heterocycles. The number of rotatable bonds is 2. The SMILES string of the molecule is CCC1(c2cccc(C)c2)c2cc(C)ccc2-c2ccc(C)cc21. The van der Waals surface area contributed by atoms with Crippen molar-refractivity contribution in [3.63, 3.8) is 0 Å². The van der Waals surface area contributed by atoms with Gasteiger partial charge in [0.1, 0.15) is 0 Å². The van der Waals surface area contributed by atoms with Gasteiger partial charge in [-0.2, -0.15) is 0 Å². The topological polar surface area (TPSA) is 0 Å². The minimum atomic E-state index is -0.0330. The summed E-state index contributed by atoms with van der Waals surface area (Å²) in [5.74, 6) is 0. The number of benzene rings is 3. The average Bonchev–Trinajstić information content (AvgIpc) is 2.84. The Morgan fingerprint density at radius 2 is 1.21 bits per heavy atom. The van der Waals surface area contributed by atoms with Crippen molar-refractivity contribution in [3.8, 4) is 11.1 Å². The zero-order valence-corrected chi connectivity index (χ0v) is 15.0. The molecule has 0 aliphatic heterocycles. The fourth-order valence-corrected chi connectivity index (χ4v) is 4.44. The second-order valence-electron chi connectivity index (χ2n) is 7.23. The third kappa shape index (κ3) is 1.99. The molecule has 120 valence electrons. The first-order valence-corrected chi connectivity index (χ1v) is 8.86. The number of aryl methyl sites for hydroxylation is 3. The molecule has 0 bridgehead atoms.